The van der Waals surface area contributed by atoms with Gasteiger partial charge in [-0.15, -0.1) is 5.10 Å². The van der Waals surface area contributed by atoms with E-state index in [0.29, 0.717) is 5.69 Å². The van der Waals surface area contributed by atoms with Crippen LogP contribution in [0.1, 0.15) is 18.2 Å². The van der Waals surface area contributed by atoms with Crippen LogP contribution in [0.2, 0.25) is 0 Å². The molecule has 2 aromatic rings. The highest BCUT2D eigenvalue weighted by atomic mass is 19.4. The fourth-order valence-electron chi connectivity index (χ4n) is 1.90. The van der Waals surface area contributed by atoms with E-state index in [9.17, 15) is 18.0 Å². The molecule has 1 unspecified atom stereocenters. The number of aliphatic carboxylic acids is 1. The maximum atomic E-state index is 13.0. The van der Waals surface area contributed by atoms with Crippen molar-refractivity contribution in [2.24, 2.45) is 5.92 Å². The number of hydrogen-bond donors (Lipinski definition) is 1. The number of para-hydroxylation sites is 1. The van der Waals surface area contributed by atoms with Crippen LogP contribution < -0.4 is 0 Å². The second kappa shape index (κ2) is 5.55. The fourth-order valence-corrected chi connectivity index (χ4v) is 1.90. The largest absolute Gasteiger partial charge is 0.481 e. The van der Waals surface area contributed by atoms with Gasteiger partial charge in [0.1, 0.15) is 0 Å². The van der Waals surface area contributed by atoms with E-state index in [-0.39, 0.29) is 12.1 Å². The molecule has 8 heteroatoms. The van der Waals surface area contributed by atoms with E-state index in [0.717, 1.165) is 10.7 Å². The van der Waals surface area contributed by atoms with Gasteiger partial charge in [-0.05, 0) is 12.1 Å². The van der Waals surface area contributed by atoms with Crippen LogP contribution in [0, 0.1) is 5.92 Å². The van der Waals surface area contributed by atoms with Gasteiger partial charge in [-0.3, -0.25) is 4.79 Å². The number of carbonyl (C=O) groups is 1. The lowest BCUT2D eigenvalue weighted by atomic mass is 10.1. The third-order valence-corrected chi connectivity index (χ3v) is 2.99. The van der Waals surface area contributed by atoms with E-state index in [4.69, 9.17) is 5.11 Å². The van der Waals surface area contributed by atoms with Gasteiger partial charge >= 0.3 is 12.1 Å². The first-order valence-electron chi connectivity index (χ1n) is 6.09. The summed E-state index contributed by atoms with van der Waals surface area (Å²) in [5.74, 6) is -1.79. The molecule has 0 aliphatic carbocycles. The van der Waals surface area contributed by atoms with E-state index in [2.05, 4.69) is 10.3 Å². The minimum absolute atomic E-state index is 0.0362. The van der Waals surface area contributed by atoms with Crippen molar-refractivity contribution in [3.8, 4) is 5.69 Å². The zero-order valence-corrected chi connectivity index (χ0v) is 11.0. The van der Waals surface area contributed by atoms with Crippen molar-refractivity contribution in [2.45, 2.75) is 19.5 Å². The Labute approximate surface area is 118 Å². The standard InChI is InChI=1S/C13H12F3N3O2/c1-8(12(20)21)6-9-7-17-18-19(9)11-5-3-2-4-10(11)13(14,15)16/h2-5,7-8H,6H2,1H3,(H,20,21). The Hall–Kier alpha value is -2.38. The number of nitrogens with zero attached hydrogens (tertiary/aromatic N) is 3. The van der Waals surface area contributed by atoms with Crippen molar-refractivity contribution in [3.63, 3.8) is 0 Å². The summed E-state index contributed by atoms with van der Waals surface area (Å²) in [6, 6.07) is 4.95. The number of rotatable bonds is 4. The molecule has 0 amide bonds. The lowest BCUT2D eigenvalue weighted by Gasteiger charge is -2.14. The molecule has 1 aromatic heterocycles. The molecule has 0 aliphatic rings. The molecule has 0 fully saturated rings. The van der Waals surface area contributed by atoms with Crippen LogP contribution in [-0.4, -0.2) is 26.1 Å². The van der Waals surface area contributed by atoms with Crippen LogP contribution in [0.15, 0.2) is 30.5 Å². The van der Waals surface area contributed by atoms with Crippen molar-refractivity contribution in [1.82, 2.24) is 15.0 Å². The molecule has 2 rings (SSSR count). The predicted octanol–water partition coefficient (Wildman–Crippen LogP) is 2.55. The van der Waals surface area contributed by atoms with Gasteiger partial charge in [-0.1, -0.05) is 24.3 Å². The fraction of sp³-hybridized carbons (Fsp3) is 0.308. The third kappa shape index (κ3) is 3.21. The Kier molecular flexibility index (Phi) is 3.97. The molecular weight excluding hydrogens is 287 g/mol. The summed E-state index contributed by atoms with van der Waals surface area (Å²) in [6.45, 7) is 1.47. The maximum absolute atomic E-state index is 13.0. The monoisotopic (exact) mass is 299 g/mol. The molecule has 0 saturated heterocycles. The van der Waals surface area contributed by atoms with Gasteiger partial charge in [0.25, 0.3) is 0 Å². The summed E-state index contributed by atoms with van der Waals surface area (Å²) in [4.78, 5) is 10.9. The normalized spacial score (nSPS) is 13.1. The minimum atomic E-state index is -4.53. The molecule has 0 saturated carbocycles. The van der Waals surface area contributed by atoms with E-state index < -0.39 is 23.6 Å². The summed E-state index contributed by atoms with van der Waals surface area (Å²) < 4.78 is 40.1. The summed E-state index contributed by atoms with van der Waals surface area (Å²) >= 11 is 0. The average molecular weight is 299 g/mol. The van der Waals surface area contributed by atoms with Gasteiger partial charge in [-0.25, -0.2) is 4.68 Å². The Morgan fingerprint density at radius 2 is 2.05 bits per heavy atom. The first-order valence-corrected chi connectivity index (χ1v) is 6.09. The topological polar surface area (TPSA) is 68.0 Å². The van der Waals surface area contributed by atoms with Crippen LogP contribution in [-0.2, 0) is 17.4 Å². The van der Waals surface area contributed by atoms with Gasteiger partial charge in [0.05, 0.1) is 29.1 Å². The molecule has 0 bridgehead atoms. The molecule has 1 N–H and O–H groups in total. The first kappa shape index (κ1) is 15.0. The predicted molar refractivity (Wildman–Crippen MR) is 66.9 cm³/mol. The molecule has 0 spiro atoms. The molecular formula is C13H12F3N3O2. The highest BCUT2D eigenvalue weighted by Gasteiger charge is 2.34. The van der Waals surface area contributed by atoms with Crippen molar-refractivity contribution in [2.75, 3.05) is 0 Å². The number of benzene rings is 1. The van der Waals surface area contributed by atoms with E-state index in [1.54, 1.807) is 0 Å². The van der Waals surface area contributed by atoms with E-state index in [1.807, 2.05) is 0 Å². The van der Waals surface area contributed by atoms with Crippen LogP contribution in [0.25, 0.3) is 5.69 Å². The molecule has 0 radical (unpaired) electrons. The number of alkyl halides is 3. The number of hydrogen-bond acceptors (Lipinski definition) is 3. The van der Waals surface area contributed by atoms with Crippen LogP contribution in [0.3, 0.4) is 0 Å². The molecule has 5 nitrogen and oxygen atoms in total. The third-order valence-electron chi connectivity index (χ3n) is 2.99. The van der Waals surface area contributed by atoms with Gasteiger partial charge in [0, 0.05) is 6.42 Å². The van der Waals surface area contributed by atoms with Crippen molar-refractivity contribution in [3.05, 3.63) is 41.7 Å². The average Bonchev–Trinajstić information content (AvgIpc) is 2.85. The maximum Gasteiger partial charge on any atom is 0.418 e. The highest BCUT2D eigenvalue weighted by Crippen LogP contribution is 2.33. The molecule has 1 atom stereocenters. The SMILES string of the molecule is CC(Cc1cnnn1-c1ccccc1C(F)(F)F)C(=O)O. The Morgan fingerprint density at radius 3 is 2.67 bits per heavy atom. The highest BCUT2D eigenvalue weighted by molar-refractivity contribution is 5.69. The smallest absolute Gasteiger partial charge is 0.418 e. The lowest BCUT2D eigenvalue weighted by molar-refractivity contribution is -0.141. The zero-order valence-electron chi connectivity index (χ0n) is 11.0. The summed E-state index contributed by atoms with van der Waals surface area (Å²) in [6.07, 6.45) is -3.22. The molecule has 21 heavy (non-hydrogen) atoms. The number of carboxylic acids is 1. The van der Waals surface area contributed by atoms with Crippen LogP contribution >= 0.6 is 0 Å². The summed E-state index contributed by atoms with van der Waals surface area (Å²) in [7, 11) is 0. The molecule has 1 heterocycles. The van der Waals surface area contributed by atoms with Gasteiger partial charge in [0.2, 0.25) is 0 Å². The van der Waals surface area contributed by atoms with Crippen molar-refractivity contribution >= 4 is 5.97 Å². The van der Waals surface area contributed by atoms with Crippen molar-refractivity contribution in [1.29, 1.82) is 0 Å². The molecule has 1 aromatic carbocycles. The van der Waals surface area contributed by atoms with Crippen LogP contribution in [0.4, 0.5) is 13.2 Å². The zero-order chi connectivity index (χ0) is 15.6. The Balaban J connectivity index is 2.45. The van der Waals surface area contributed by atoms with Crippen molar-refractivity contribution < 1.29 is 23.1 Å². The number of halogens is 3. The number of aromatic nitrogens is 3. The Morgan fingerprint density at radius 1 is 1.38 bits per heavy atom. The van der Waals surface area contributed by atoms with Gasteiger partial charge < -0.3 is 5.11 Å². The molecule has 0 aliphatic heterocycles. The number of carboxylic acid groups (broad SMARTS) is 1. The quantitative estimate of drug-likeness (QED) is 0.942. The van der Waals surface area contributed by atoms with Gasteiger partial charge in [0.15, 0.2) is 0 Å². The summed E-state index contributed by atoms with van der Waals surface area (Å²) in [5.41, 5.74) is -0.712. The Bertz CT molecular complexity index is 652. The minimum Gasteiger partial charge on any atom is -0.481 e. The molecule has 112 valence electrons. The summed E-state index contributed by atoms with van der Waals surface area (Å²) in [5, 5.41) is 16.1. The second-order valence-corrected chi connectivity index (χ2v) is 4.60. The first-order chi connectivity index (χ1) is 9.80. The van der Waals surface area contributed by atoms with Crippen LogP contribution in [0.5, 0.6) is 0 Å². The lowest BCUT2D eigenvalue weighted by Crippen LogP contribution is -2.17. The van der Waals surface area contributed by atoms with E-state index >= 15 is 0 Å². The second-order valence-electron chi connectivity index (χ2n) is 4.60. The van der Waals surface area contributed by atoms with E-state index in [1.165, 1.54) is 31.3 Å². The van der Waals surface area contributed by atoms with Gasteiger partial charge in [-0.2, -0.15) is 13.2 Å².